The lowest BCUT2D eigenvalue weighted by atomic mass is 9.89. The Balaban J connectivity index is 3.09. The van der Waals surface area contributed by atoms with Crippen LogP contribution in [0, 0.1) is 0 Å². The summed E-state index contributed by atoms with van der Waals surface area (Å²) in [5, 5.41) is 3.15. The summed E-state index contributed by atoms with van der Waals surface area (Å²) < 4.78 is 13.1. The number of rotatable bonds is 10. The lowest BCUT2D eigenvalue weighted by Crippen LogP contribution is -2.15. The molecule has 0 aliphatic carbocycles. The van der Waals surface area contributed by atoms with Crippen LogP contribution < -0.4 is 5.32 Å². The molecule has 0 amide bonds. The molecule has 154 valence electrons. The lowest BCUT2D eigenvalue weighted by molar-refractivity contribution is 0.644. The third-order valence-corrected chi connectivity index (χ3v) is 4.64. The largest absolute Gasteiger partial charge is 0.346 e. The van der Waals surface area contributed by atoms with E-state index in [2.05, 4.69) is 54.4 Å². The molecule has 3 nitrogen and oxygen atoms in total. The van der Waals surface area contributed by atoms with Gasteiger partial charge in [0.1, 0.15) is 5.83 Å². The Morgan fingerprint density at radius 2 is 2.00 bits per heavy atom. The first-order valence-corrected chi connectivity index (χ1v) is 9.61. The third kappa shape index (κ3) is 7.86. The molecule has 0 spiro atoms. The molecule has 0 saturated carbocycles. The molecule has 0 aliphatic rings. The van der Waals surface area contributed by atoms with Crippen LogP contribution >= 0.6 is 0 Å². The molecular formula is C25H32FN3. The van der Waals surface area contributed by atoms with E-state index in [9.17, 15) is 4.39 Å². The minimum Gasteiger partial charge on any atom is -0.346 e. The summed E-state index contributed by atoms with van der Waals surface area (Å²) in [5.74, 6) is -0.487. The van der Waals surface area contributed by atoms with E-state index < -0.39 is 5.83 Å². The van der Waals surface area contributed by atoms with Gasteiger partial charge in [-0.15, -0.1) is 6.58 Å². The highest BCUT2D eigenvalue weighted by Gasteiger charge is 2.17. The van der Waals surface area contributed by atoms with Gasteiger partial charge < -0.3 is 5.32 Å². The zero-order chi connectivity index (χ0) is 21.9. The topological polar surface area (TPSA) is 37.3 Å². The van der Waals surface area contributed by atoms with Crippen molar-refractivity contribution >= 4 is 6.34 Å². The second-order valence-corrected chi connectivity index (χ2v) is 7.25. The Bertz CT molecular complexity index is 851. The number of allylic oxidation sites excluding steroid dienone is 8. The number of aliphatic imine (C=N–C) groups is 1. The molecule has 0 bridgehead atoms. The van der Waals surface area contributed by atoms with Crippen molar-refractivity contribution in [1.29, 1.82) is 0 Å². The predicted molar refractivity (Wildman–Crippen MR) is 123 cm³/mol. The highest BCUT2D eigenvalue weighted by Crippen LogP contribution is 2.22. The molecule has 29 heavy (non-hydrogen) atoms. The summed E-state index contributed by atoms with van der Waals surface area (Å²) in [5.41, 5.74) is 5.05. The number of aromatic nitrogens is 1. The van der Waals surface area contributed by atoms with Gasteiger partial charge in [0.2, 0.25) is 0 Å². The maximum atomic E-state index is 13.1. The molecule has 1 aromatic rings. The Hall–Kier alpha value is -3.01. The predicted octanol–water partition coefficient (Wildman–Crippen LogP) is 6.50. The number of hydrogen-bond donors (Lipinski definition) is 1. The van der Waals surface area contributed by atoms with Crippen LogP contribution in [-0.2, 0) is 11.8 Å². The average molecular weight is 394 g/mol. The van der Waals surface area contributed by atoms with Crippen LogP contribution in [0.25, 0.3) is 0 Å². The van der Waals surface area contributed by atoms with Crippen LogP contribution in [0.4, 0.5) is 4.39 Å². The minimum absolute atomic E-state index is 0.158. The van der Waals surface area contributed by atoms with Crippen molar-refractivity contribution in [1.82, 2.24) is 10.3 Å². The second-order valence-electron chi connectivity index (χ2n) is 7.25. The van der Waals surface area contributed by atoms with E-state index in [0.717, 1.165) is 40.4 Å². The Morgan fingerprint density at radius 1 is 1.28 bits per heavy atom. The quantitative estimate of drug-likeness (QED) is 0.213. The average Bonchev–Trinajstić information content (AvgIpc) is 2.72. The number of halogens is 1. The normalized spacial score (nSPS) is 14.3. The van der Waals surface area contributed by atoms with Crippen LogP contribution in [0.15, 0.2) is 95.7 Å². The first kappa shape index (κ1) is 24.0. The van der Waals surface area contributed by atoms with Crippen molar-refractivity contribution in [2.75, 3.05) is 0 Å². The van der Waals surface area contributed by atoms with Crippen molar-refractivity contribution in [2.24, 2.45) is 4.99 Å². The second kappa shape index (κ2) is 11.7. The standard InChI is InChI=1S/C25H32FN3/c1-8-11-19(4)20(5)23(29-18-27-17-22(26)9-2)14-12-21-13-15-24(28-16-21)25(6,7)10-3/h8-11,13-18H,2-3,12H2,1,4-7H3,(H,27,29)/b11-8-,20-19+,22-17-,23-14+. The van der Waals surface area contributed by atoms with E-state index in [0.29, 0.717) is 6.42 Å². The molecule has 0 fully saturated rings. The van der Waals surface area contributed by atoms with Crippen LogP contribution in [-0.4, -0.2) is 11.3 Å². The zero-order valence-electron chi connectivity index (χ0n) is 18.2. The summed E-state index contributed by atoms with van der Waals surface area (Å²) in [6, 6.07) is 4.12. The number of hydrogen-bond acceptors (Lipinski definition) is 2. The van der Waals surface area contributed by atoms with Gasteiger partial charge in [0, 0.05) is 23.0 Å². The zero-order valence-corrected chi connectivity index (χ0v) is 18.2. The van der Waals surface area contributed by atoms with Crippen LogP contribution in [0.1, 0.15) is 45.9 Å². The molecule has 0 atom stereocenters. The van der Waals surface area contributed by atoms with E-state index in [1.807, 2.05) is 51.3 Å². The molecular weight excluding hydrogens is 361 g/mol. The highest BCUT2D eigenvalue weighted by molar-refractivity contribution is 5.61. The summed E-state index contributed by atoms with van der Waals surface area (Å²) in [7, 11) is 0. The first-order chi connectivity index (χ1) is 13.7. The minimum atomic E-state index is -0.487. The van der Waals surface area contributed by atoms with E-state index in [1.54, 1.807) is 0 Å². The van der Waals surface area contributed by atoms with Crippen LogP contribution in [0.2, 0.25) is 0 Å². The number of nitrogens with zero attached hydrogens (tertiary/aromatic N) is 2. The van der Waals surface area contributed by atoms with E-state index in [-0.39, 0.29) is 5.41 Å². The fraction of sp³-hybridized carbons (Fsp3) is 0.280. The van der Waals surface area contributed by atoms with E-state index >= 15 is 0 Å². The van der Waals surface area contributed by atoms with Gasteiger partial charge in [-0.2, -0.15) is 0 Å². The molecule has 0 aromatic carbocycles. The summed E-state index contributed by atoms with van der Waals surface area (Å²) in [6.07, 6.45) is 14.3. The van der Waals surface area contributed by atoms with Crippen LogP contribution in [0.3, 0.4) is 0 Å². The third-order valence-electron chi connectivity index (χ3n) is 4.64. The maximum Gasteiger partial charge on any atom is 0.140 e. The molecule has 0 unspecified atom stereocenters. The highest BCUT2D eigenvalue weighted by atomic mass is 19.1. The number of nitrogens with one attached hydrogen (secondary N) is 1. The summed E-state index contributed by atoms with van der Waals surface area (Å²) in [4.78, 5) is 8.51. The fourth-order valence-electron chi connectivity index (χ4n) is 2.43. The van der Waals surface area contributed by atoms with Crippen LogP contribution in [0.5, 0.6) is 0 Å². The summed E-state index contributed by atoms with van der Waals surface area (Å²) in [6.45, 7) is 17.5. The fourth-order valence-corrected chi connectivity index (χ4v) is 2.43. The van der Waals surface area contributed by atoms with Gasteiger partial charge in [0.25, 0.3) is 0 Å². The summed E-state index contributed by atoms with van der Waals surface area (Å²) >= 11 is 0. The lowest BCUT2D eigenvalue weighted by Gasteiger charge is -2.19. The molecule has 1 rings (SSSR count). The van der Waals surface area contributed by atoms with Crippen molar-refractivity contribution in [2.45, 2.75) is 46.5 Å². The van der Waals surface area contributed by atoms with Crippen molar-refractivity contribution in [3.8, 4) is 0 Å². The van der Waals surface area contributed by atoms with Gasteiger partial charge in [-0.1, -0.05) is 50.8 Å². The van der Waals surface area contributed by atoms with Gasteiger partial charge in [0.05, 0.1) is 12.5 Å². The van der Waals surface area contributed by atoms with Gasteiger partial charge in [-0.25, -0.2) is 9.38 Å². The molecule has 1 heterocycles. The molecule has 1 aromatic heterocycles. The molecule has 0 radical (unpaired) electrons. The van der Waals surface area contributed by atoms with Gasteiger partial charge in [-0.05, 0) is 56.0 Å². The van der Waals surface area contributed by atoms with Crippen molar-refractivity contribution in [3.63, 3.8) is 0 Å². The first-order valence-electron chi connectivity index (χ1n) is 9.61. The molecule has 4 heteroatoms. The van der Waals surface area contributed by atoms with Gasteiger partial charge >= 0.3 is 0 Å². The van der Waals surface area contributed by atoms with E-state index in [1.165, 1.54) is 6.34 Å². The molecule has 1 N–H and O–H groups in total. The monoisotopic (exact) mass is 393 g/mol. The smallest absolute Gasteiger partial charge is 0.140 e. The van der Waals surface area contributed by atoms with E-state index in [4.69, 9.17) is 0 Å². The SMILES string of the molecule is C=C/C(F)=C/N=CNC(=C/Cc1ccc(C(C)(C)C=C)nc1)/C(C)=C(C)/C=C\C. The molecule has 0 aliphatic heterocycles. The van der Waals surface area contributed by atoms with Crippen molar-refractivity contribution in [3.05, 3.63) is 102 Å². The Labute approximate surface area is 174 Å². The van der Waals surface area contributed by atoms with Crippen molar-refractivity contribution < 1.29 is 4.39 Å². The maximum absolute atomic E-state index is 13.1. The van der Waals surface area contributed by atoms with Gasteiger partial charge in [0.15, 0.2) is 0 Å². The Morgan fingerprint density at radius 3 is 2.55 bits per heavy atom. The Kier molecular flexibility index (Phi) is 9.73. The van der Waals surface area contributed by atoms with Gasteiger partial charge in [-0.3, -0.25) is 4.98 Å². The number of pyridine rings is 1. The molecule has 0 saturated heterocycles.